The zero-order chi connectivity index (χ0) is 12.3. The second-order valence-electron chi connectivity index (χ2n) is 4.89. The molecule has 1 aliphatic rings. The fourth-order valence-corrected chi connectivity index (χ4v) is 2.94. The summed E-state index contributed by atoms with van der Waals surface area (Å²) in [6.07, 6.45) is 6.20. The molecular weight excluding hydrogens is 237 g/mol. The fourth-order valence-electron chi connectivity index (χ4n) is 2.76. The normalized spacial score (nSPS) is 18.5. The van der Waals surface area contributed by atoms with E-state index >= 15 is 0 Å². The zero-order valence-electron chi connectivity index (χ0n) is 10.2. The fraction of sp³-hybridized carbons (Fsp3) is 0.571. The highest BCUT2D eigenvalue weighted by molar-refractivity contribution is 6.30. The molecule has 0 amide bonds. The molecule has 0 heterocycles. The molecular formula is C14H19ClFN. The molecule has 1 fully saturated rings. The molecule has 1 atom stereocenters. The topological polar surface area (TPSA) is 12.0 Å². The minimum Gasteiger partial charge on any atom is -0.313 e. The van der Waals surface area contributed by atoms with Gasteiger partial charge in [0.05, 0.1) is 0 Å². The molecule has 1 aromatic carbocycles. The average Bonchev–Trinajstić information content (AvgIpc) is 2.82. The molecule has 0 radical (unpaired) electrons. The van der Waals surface area contributed by atoms with Gasteiger partial charge in [0.1, 0.15) is 5.82 Å². The van der Waals surface area contributed by atoms with Crippen molar-refractivity contribution in [3.63, 3.8) is 0 Å². The van der Waals surface area contributed by atoms with Crippen LogP contribution in [-0.2, 0) is 0 Å². The minimum atomic E-state index is -0.160. The summed E-state index contributed by atoms with van der Waals surface area (Å²) < 4.78 is 13.8. The van der Waals surface area contributed by atoms with Gasteiger partial charge in [-0.25, -0.2) is 4.39 Å². The van der Waals surface area contributed by atoms with E-state index in [0.29, 0.717) is 10.6 Å². The Hall–Kier alpha value is -0.600. The maximum absolute atomic E-state index is 13.8. The maximum Gasteiger partial charge on any atom is 0.128 e. The predicted molar refractivity (Wildman–Crippen MR) is 69.8 cm³/mol. The molecule has 1 aromatic rings. The van der Waals surface area contributed by atoms with Crippen LogP contribution in [0.5, 0.6) is 0 Å². The third kappa shape index (κ3) is 3.20. The van der Waals surface area contributed by atoms with Crippen LogP contribution in [0.1, 0.15) is 43.7 Å². The van der Waals surface area contributed by atoms with E-state index < -0.39 is 0 Å². The van der Waals surface area contributed by atoms with E-state index in [1.54, 1.807) is 12.1 Å². The van der Waals surface area contributed by atoms with E-state index in [4.69, 9.17) is 11.6 Å². The van der Waals surface area contributed by atoms with E-state index in [-0.39, 0.29) is 11.9 Å². The minimum absolute atomic E-state index is 0.0804. The highest BCUT2D eigenvalue weighted by Crippen LogP contribution is 2.34. The summed E-state index contributed by atoms with van der Waals surface area (Å²) in [6.45, 7) is 0. The van der Waals surface area contributed by atoms with Gasteiger partial charge < -0.3 is 5.32 Å². The zero-order valence-corrected chi connectivity index (χ0v) is 10.9. The Morgan fingerprint density at radius 3 is 2.76 bits per heavy atom. The number of nitrogens with one attached hydrogen (secondary N) is 1. The lowest BCUT2D eigenvalue weighted by Crippen LogP contribution is -2.20. The third-order valence-corrected chi connectivity index (χ3v) is 3.96. The van der Waals surface area contributed by atoms with Crippen molar-refractivity contribution >= 4 is 11.6 Å². The number of halogens is 2. The van der Waals surface area contributed by atoms with Gasteiger partial charge in [0.25, 0.3) is 0 Å². The molecule has 1 N–H and O–H groups in total. The van der Waals surface area contributed by atoms with Gasteiger partial charge >= 0.3 is 0 Å². The van der Waals surface area contributed by atoms with E-state index in [1.807, 2.05) is 7.05 Å². The van der Waals surface area contributed by atoms with Crippen LogP contribution in [0.4, 0.5) is 4.39 Å². The second-order valence-corrected chi connectivity index (χ2v) is 5.33. The van der Waals surface area contributed by atoms with E-state index in [0.717, 1.165) is 12.3 Å². The Bertz CT molecular complexity index is 374. The van der Waals surface area contributed by atoms with Crippen molar-refractivity contribution in [2.75, 3.05) is 7.05 Å². The van der Waals surface area contributed by atoms with Crippen molar-refractivity contribution in [3.05, 3.63) is 34.6 Å². The van der Waals surface area contributed by atoms with Crippen LogP contribution in [0.2, 0.25) is 5.02 Å². The van der Waals surface area contributed by atoms with Gasteiger partial charge in [-0.15, -0.1) is 0 Å². The van der Waals surface area contributed by atoms with E-state index in [1.165, 1.54) is 31.7 Å². The summed E-state index contributed by atoms with van der Waals surface area (Å²) in [5, 5.41) is 3.82. The molecule has 0 spiro atoms. The van der Waals surface area contributed by atoms with Crippen molar-refractivity contribution in [1.82, 2.24) is 5.32 Å². The van der Waals surface area contributed by atoms with Crippen LogP contribution in [0, 0.1) is 11.7 Å². The largest absolute Gasteiger partial charge is 0.313 e. The molecule has 1 unspecified atom stereocenters. The summed E-state index contributed by atoms with van der Waals surface area (Å²) in [5.74, 6) is 0.567. The van der Waals surface area contributed by atoms with Crippen LogP contribution in [0.25, 0.3) is 0 Å². The van der Waals surface area contributed by atoms with Crippen LogP contribution in [0.15, 0.2) is 18.2 Å². The van der Waals surface area contributed by atoms with Crippen molar-refractivity contribution in [2.45, 2.75) is 38.1 Å². The number of rotatable bonds is 4. The van der Waals surface area contributed by atoms with Crippen LogP contribution in [0.3, 0.4) is 0 Å². The maximum atomic E-state index is 13.8. The summed E-state index contributed by atoms with van der Waals surface area (Å²) in [5.41, 5.74) is 0.701. The quantitative estimate of drug-likeness (QED) is 0.845. The Morgan fingerprint density at radius 1 is 1.41 bits per heavy atom. The first-order valence-electron chi connectivity index (χ1n) is 6.33. The predicted octanol–water partition coefficient (Wildman–Crippen LogP) is 4.32. The Morgan fingerprint density at radius 2 is 2.12 bits per heavy atom. The molecule has 2 rings (SSSR count). The van der Waals surface area contributed by atoms with Crippen LogP contribution < -0.4 is 5.32 Å². The van der Waals surface area contributed by atoms with Crippen molar-refractivity contribution < 1.29 is 4.39 Å². The molecule has 1 saturated carbocycles. The summed E-state index contributed by atoms with van der Waals surface area (Å²) in [6, 6.07) is 4.88. The highest BCUT2D eigenvalue weighted by Gasteiger charge is 2.22. The first-order valence-corrected chi connectivity index (χ1v) is 6.70. The molecule has 3 heteroatoms. The molecule has 0 bridgehead atoms. The number of benzene rings is 1. The van der Waals surface area contributed by atoms with Gasteiger partial charge in [-0.3, -0.25) is 0 Å². The number of hydrogen-bond donors (Lipinski definition) is 1. The van der Waals surface area contributed by atoms with E-state index in [9.17, 15) is 4.39 Å². The summed E-state index contributed by atoms with van der Waals surface area (Å²) >= 11 is 5.94. The monoisotopic (exact) mass is 255 g/mol. The molecule has 1 nitrogen and oxygen atoms in total. The smallest absolute Gasteiger partial charge is 0.128 e. The summed E-state index contributed by atoms with van der Waals surface area (Å²) in [7, 11) is 1.89. The first-order chi connectivity index (χ1) is 8.20. The summed E-state index contributed by atoms with van der Waals surface area (Å²) in [4.78, 5) is 0. The lowest BCUT2D eigenvalue weighted by Gasteiger charge is -2.21. The van der Waals surface area contributed by atoms with Gasteiger partial charge in [0.2, 0.25) is 0 Å². The van der Waals surface area contributed by atoms with E-state index in [2.05, 4.69) is 5.32 Å². The lowest BCUT2D eigenvalue weighted by atomic mass is 9.93. The molecule has 94 valence electrons. The highest BCUT2D eigenvalue weighted by atomic mass is 35.5. The van der Waals surface area contributed by atoms with Gasteiger partial charge in [0.15, 0.2) is 0 Å². The Balaban J connectivity index is 2.13. The van der Waals surface area contributed by atoms with Crippen molar-refractivity contribution in [2.24, 2.45) is 5.92 Å². The van der Waals surface area contributed by atoms with Gasteiger partial charge in [-0.1, -0.05) is 37.3 Å². The second kappa shape index (κ2) is 5.83. The van der Waals surface area contributed by atoms with Crippen molar-refractivity contribution in [1.29, 1.82) is 0 Å². The Kier molecular flexibility index (Phi) is 4.41. The molecule has 0 saturated heterocycles. The molecule has 0 aromatic heterocycles. The third-order valence-electron chi connectivity index (χ3n) is 3.73. The molecule has 0 aliphatic heterocycles. The van der Waals surface area contributed by atoms with Gasteiger partial charge in [0, 0.05) is 16.6 Å². The Labute approximate surface area is 107 Å². The van der Waals surface area contributed by atoms with Crippen molar-refractivity contribution in [3.8, 4) is 0 Å². The van der Waals surface area contributed by atoms with Crippen LogP contribution >= 0.6 is 11.6 Å². The van der Waals surface area contributed by atoms with Crippen LogP contribution in [-0.4, -0.2) is 7.05 Å². The number of hydrogen-bond acceptors (Lipinski definition) is 1. The SMILES string of the molecule is CNC(CC1CCCC1)c1cc(Cl)ccc1F. The average molecular weight is 256 g/mol. The first kappa shape index (κ1) is 12.8. The molecule has 1 aliphatic carbocycles. The standard InChI is InChI=1S/C14H19ClFN/c1-17-14(8-10-4-2-3-5-10)12-9-11(15)6-7-13(12)16/h6-7,9-10,14,17H,2-5,8H2,1H3. The van der Waals surface area contributed by atoms with Gasteiger partial charge in [-0.2, -0.15) is 0 Å². The van der Waals surface area contributed by atoms with Gasteiger partial charge in [-0.05, 0) is 37.6 Å². The molecule has 17 heavy (non-hydrogen) atoms. The lowest BCUT2D eigenvalue weighted by molar-refractivity contribution is 0.403.